The van der Waals surface area contributed by atoms with Gasteiger partial charge in [0.2, 0.25) is 0 Å². The molecule has 0 aliphatic carbocycles. The number of carbonyl (C=O) groups is 2. The van der Waals surface area contributed by atoms with Gasteiger partial charge in [0.05, 0.1) is 17.7 Å². The molecule has 2 fully saturated rings. The summed E-state index contributed by atoms with van der Waals surface area (Å²) in [5.74, 6) is 0.101. The molecule has 7 atom stereocenters. The van der Waals surface area contributed by atoms with Crippen LogP contribution in [0.4, 0.5) is 0 Å². The number of ether oxygens (including phenoxy) is 3. The normalized spacial score (nSPS) is 39.8. The highest BCUT2D eigenvalue weighted by atomic mass is 16.6. The van der Waals surface area contributed by atoms with Crippen molar-refractivity contribution in [3.05, 3.63) is 35.2 Å². The summed E-state index contributed by atoms with van der Waals surface area (Å²) in [7, 11) is 0. The SMILES string of the molecule is CC1=C[C@H]([C@@H]2O[C@H]3CCCn4c(ccc4[C@H]4C[C@@H](C)C(=O)O4)[C@@H]3[C@H]2C)OC1=O. The summed E-state index contributed by atoms with van der Waals surface area (Å²) in [5, 5.41) is 0. The van der Waals surface area contributed by atoms with Crippen LogP contribution in [-0.2, 0) is 30.3 Å². The molecule has 4 aliphatic rings. The van der Waals surface area contributed by atoms with E-state index in [2.05, 4.69) is 23.6 Å². The van der Waals surface area contributed by atoms with Crippen LogP contribution in [0, 0.1) is 11.8 Å². The molecule has 2 saturated heterocycles. The summed E-state index contributed by atoms with van der Waals surface area (Å²) in [4.78, 5) is 23.7. The summed E-state index contributed by atoms with van der Waals surface area (Å²) in [6.07, 6.45) is 4.21. The van der Waals surface area contributed by atoms with Crippen molar-refractivity contribution < 1.29 is 23.8 Å². The van der Waals surface area contributed by atoms with E-state index in [4.69, 9.17) is 14.2 Å². The van der Waals surface area contributed by atoms with E-state index in [1.807, 2.05) is 13.0 Å². The van der Waals surface area contributed by atoms with Crippen molar-refractivity contribution in [2.24, 2.45) is 11.8 Å². The van der Waals surface area contributed by atoms with Gasteiger partial charge < -0.3 is 18.8 Å². The van der Waals surface area contributed by atoms with Gasteiger partial charge in [0.25, 0.3) is 0 Å². The Labute approximate surface area is 164 Å². The van der Waals surface area contributed by atoms with Crippen molar-refractivity contribution in [3.63, 3.8) is 0 Å². The molecule has 1 aromatic rings. The van der Waals surface area contributed by atoms with Gasteiger partial charge in [-0.25, -0.2) is 4.79 Å². The van der Waals surface area contributed by atoms with Crippen LogP contribution in [0.5, 0.6) is 0 Å². The Morgan fingerprint density at radius 1 is 1.11 bits per heavy atom. The topological polar surface area (TPSA) is 66.8 Å². The van der Waals surface area contributed by atoms with Crippen molar-refractivity contribution in [1.29, 1.82) is 0 Å². The fourth-order valence-electron chi connectivity index (χ4n) is 5.45. The van der Waals surface area contributed by atoms with Gasteiger partial charge in [0.1, 0.15) is 18.3 Å². The molecule has 0 bridgehead atoms. The lowest BCUT2D eigenvalue weighted by molar-refractivity contribution is -0.146. The third-order valence-corrected chi connectivity index (χ3v) is 6.94. The van der Waals surface area contributed by atoms with Crippen LogP contribution in [0.25, 0.3) is 0 Å². The molecule has 150 valence electrons. The number of carbonyl (C=O) groups excluding carboxylic acids is 2. The van der Waals surface area contributed by atoms with E-state index in [1.54, 1.807) is 6.92 Å². The van der Waals surface area contributed by atoms with Crippen LogP contribution in [0.2, 0.25) is 0 Å². The van der Waals surface area contributed by atoms with E-state index in [9.17, 15) is 9.59 Å². The minimum Gasteiger partial charge on any atom is -0.456 e. The summed E-state index contributed by atoms with van der Waals surface area (Å²) < 4.78 is 20.0. The van der Waals surface area contributed by atoms with Crippen LogP contribution in [0.15, 0.2) is 23.8 Å². The summed E-state index contributed by atoms with van der Waals surface area (Å²) >= 11 is 0. The van der Waals surface area contributed by atoms with Crippen molar-refractivity contribution >= 4 is 11.9 Å². The second kappa shape index (κ2) is 6.48. The van der Waals surface area contributed by atoms with Crippen molar-refractivity contribution in [2.75, 3.05) is 0 Å². The van der Waals surface area contributed by atoms with E-state index in [-0.39, 0.29) is 54.1 Å². The zero-order chi connectivity index (χ0) is 19.6. The van der Waals surface area contributed by atoms with Crippen molar-refractivity contribution in [1.82, 2.24) is 4.57 Å². The third-order valence-electron chi connectivity index (χ3n) is 6.94. The van der Waals surface area contributed by atoms with E-state index in [1.165, 1.54) is 5.69 Å². The number of hydrogen-bond donors (Lipinski definition) is 0. The predicted molar refractivity (Wildman–Crippen MR) is 100 cm³/mol. The molecular formula is C22H27NO5. The lowest BCUT2D eigenvalue weighted by Gasteiger charge is -2.23. The summed E-state index contributed by atoms with van der Waals surface area (Å²) in [6, 6.07) is 4.30. The number of rotatable bonds is 2. The van der Waals surface area contributed by atoms with Crippen molar-refractivity contribution in [2.45, 2.75) is 76.9 Å². The average Bonchev–Trinajstić information content (AvgIpc) is 3.35. The zero-order valence-electron chi connectivity index (χ0n) is 16.6. The third kappa shape index (κ3) is 2.65. The molecule has 28 heavy (non-hydrogen) atoms. The first-order valence-corrected chi connectivity index (χ1v) is 10.4. The molecule has 4 aliphatic heterocycles. The Kier molecular flexibility index (Phi) is 4.16. The molecule has 0 spiro atoms. The minimum atomic E-state index is -0.297. The average molecular weight is 385 g/mol. The van der Waals surface area contributed by atoms with Gasteiger partial charge in [-0.15, -0.1) is 0 Å². The second-order valence-corrected chi connectivity index (χ2v) is 8.78. The van der Waals surface area contributed by atoms with E-state index < -0.39 is 0 Å². The molecule has 0 saturated carbocycles. The van der Waals surface area contributed by atoms with Gasteiger partial charge in [0, 0.05) is 30.2 Å². The van der Waals surface area contributed by atoms with Gasteiger partial charge in [-0.3, -0.25) is 4.79 Å². The highest BCUT2D eigenvalue weighted by Gasteiger charge is 2.49. The number of nitrogens with zero attached hydrogens (tertiary/aromatic N) is 1. The van der Waals surface area contributed by atoms with E-state index in [0.717, 1.165) is 31.5 Å². The first-order chi connectivity index (χ1) is 13.4. The van der Waals surface area contributed by atoms with Crippen LogP contribution >= 0.6 is 0 Å². The van der Waals surface area contributed by atoms with E-state index >= 15 is 0 Å². The molecule has 5 rings (SSSR count). The Morgan fingerprint density at radius 2 is 1.89 bits per heavy atom. The molecule has 6 heteroatoms. The number of hydrogen-bond acceptors (Lipinski definition) is 5. The minimum absolute atomic E-state index is 0.0418. The number of aromatic nitrogens is 1. The first-order valence-electron chi connectivity index (χ1n) is 10.4. The molecule has 0 N–H and O–H groups in total. The molecule has 0 amide bonds. The molecule has 0 radical (unpaired) electrons. The second-order valence-electron chi connectivity index (χ2n) is 8.78. The fourth-order valence-corrected chi connectivity index (χ4v) is 5.45. The van der Waals surface area contributed by atoms with E-state index in [0.29, 0.717) is 5.57 Å². The maximum Gasteiger partial charge on any atom is 0.334 e. The highest BCUT2D eigenvalue weighted by Crippen LogP contribution is 2.47. The Balaban J connectivity index is 1.45. The molecule has 1 aromatic heterocycles. The van der Waals surface area contributed by atoms with Crippen LogP contribution in [0.3, 0.4) is 0 Å². The van der Waals surface area contributed by atoms with Crippen LogP contribution in [-0.4, -0.2) is 34.8 Å². The summed E-state index contributed by atoms with van der Waals surface area (Å²) in [5.41, 5.74) is 3.02. The standard InChI is InChI=1S/C22H27NO5/c1-11-9-17(27-21(11)24)14-6-7-15-19-13(3)20(18-10-12(2)22(25)28-18)26-16(19)5-4-8-23(14)15/h6-7,10-11,13,16-20H,4-5,8-9H2,1-3H3/t11-,13-,16+,17-,18-,19+,20-/m1/s1. The number of esters is 2. The highest BCUT2D eigenvalue weighted by molar-refractivity contribution is 5.90. The Morgan fingerprint density at radius 3 is 2.57 bits per heavy atom. The van der Waals surface area contributed by atoms with Gasteiger partial charge >= 0.3 is 11.9 Å². The maximum absolute atomic E-state index is 11.9. The summed E-state index contributed by atoms with van der Waals surface area (Å²) in [6.45, 7) is 6.85. The van der Waals surface area contributed by atoms with Crippen molar-refractivity contribution in [3.8, 4) is 0 Å². The predicted octanol–water partition coefficient (Wildman–Crippen LogP) is 3.26. The lowest BCUT2D eigenvalue weighted by atomic mass is 9.83. The molecular weight excluding hydrogens is 358 g/mol. The Bertz CT molecular complexity index is 855. The lowest BCUT2D eigenvalue weighted by Crippen LogP contribution is -2.31. The van der Waals surface area contributed by atoms with Gasteiger partial charge in [-0.2, -0.15) is 0 Å². The van der Waals surface area contributed by atoms with Crippen LogP contribution < -0.4 is 0 Å². The fraction of sp³-hybridized carbons (Fsp3) is 0.636. The molecule has 0 unspecified atom stereocenters. The van der Waals surface area contributed by atoms with Gasteiger partial charge in [0.15, 0.2) is 0 Å². The quantitative estimate of drug-likeness (QED) is 0.731. The van der Waals surface area contributed by atoms with Gasteiger partial charge in [-0.05, 0) is 43.9 Å². The van der Waals surface area contributed by atoms with Gasteiger partial charge in [-0.1, -0.05) is 13.8 Å². The number of cyclic esters (lactones) is 2. The number of fused-ring (bicyclic) bond motifs is 3. The smallest absolute Gasteiger partial charge is 0.334 e. The first kappa shape index (κ1) is 18.0. The molecule has 6 nitrogen and oxygen atoms in total. The molecule has 0 aromatic carbocycles. The Hall–Kier alpha value is -2.08. The maximum atomic E-state index is 11.9. The zero-order valence-corrected chi connectivity index (χ0v) is 16.6. The van der Waals surface area contributed by atoms with Crippen LogP contribution in [0.1, 0.15) is 63.4 Å². The largest absolute Gasteiger partial charge is 0.456 e. The molecule has 5 heterocycles. The monoisotopic (exact) mass is 385 g/mol.